The molecule has 0 saturated carbocycles. The average molecular weight is 224 g/mol. The van der Waals surface area contributed by atoms with E-state index in [1.54, 1.807) is 0 Å². The Hall–Kier alpha value is -0.940. The van der Waals surface area contributed by atoms with Crippen LogP contribution >= 0.6 is 0 Å². The zero-order valence-electron chi connectivity index (χ0n) is 10.0. The highest BCUT2D eigenvalue weighted by Crippen LogP contribution is 2.22. The van der Waals surface area contributed by atoms with Crippen LogP contribution in [0.4, 0.5) is 0 Å². The molecule has 1 aromatic heterocycles. The lowest BCUT2D eigenvalue weighted by Crippen LogP contribution is -2.42. The number of aryl methyl sites for hydroxylation is 1. The fourth-order valence-corrected chi connectivity index (χ4v) is 2.29. The molecule has 90 valence electrons. The number of rotatable bonds is 3. The molecule has 1 fully saturated rings. The second-order valence-corrected chi connectivity index (χ2v) is 4.75. The summed E-state index contributed by atoms with van der Waals surface area (Å²) in [7, 11) is 1.92. The van der Waals surface area contributed by atoms with Gasteiger partial charge in [-0.15, -0.1) is 5.10 Å². The van der Waals surface area contributed by atoms with Crippen LogP contribution in [0.15, 0.2) is 6.20 Å². The summed E-state index contributed by atoms with van der Waals surface area (Å²) in [6, 6.07) is 0.581. The number of piperidine rings is 1. The summed E-state index contributed by atoms with van der Waals surface area (Å²) in [5.41, 5.74) is 1.13. The van der Waals surface area contributed by atoms with Crippen molar-refractivity contribution in [3.05, 3.63) is 11.9 Å². The third-order valence-corrected chi connectivity index (χ3v) is 3.54. The molecule has 1 aromatic rings. The molecule has 1 aliphatic heterocycles. The minimum absolute atomic E-state index is 0.298. The van der Waals surface area contributed by atoms with Gasteiger partial charge in [-0.05, 0) is 25.7 Å². The van der Waals surface area contributed by atoms with Crippen molar-refractivity contribution in [1.82, 2.24) is 19.9 Å². The molecule has 0 aromatic carbocycles. The first kappa shape index (κ1) is 11.5. The molecule has 2 unspecified atom stereocenters. The predicted molar refractivity (Wildman–Crippen MR) is 60.7 cm³/mol. The maximum absolute atomic E-state index is 9.22. The van der Waals surface area contributed by atoms with Crippen molar-refractivity contribution >= 4 is 0 Å². The molecule has 1 N–H and O–H groups in total. The first-order chi connectivity index (χ1) is 7.70. The van der Waals surface area contributed by atoms with E-state index in [0.717, 1.165) is 31.6 Å². The van der Waals surface area contributed by atoms with Crippen LogP contribution < -0.4 is 0 Å². The Morgan fingerprint density at radius 1 is 1.50 bits per heavy atom. The Morgan fingerprint density at radius 3 is 2.94 bits per heavy atom. The Labute approximate surface area is 96.1 Å². The van der Waals surface area contributed by atoms with Crippen LogP contribution in [0.25, 0.3) is 0 Å². The quantitative estimate of drug-likeness (QED) is 0.808. The number of aliphatic hydroxyl groups is 1. The van der Waals surface area contributed by atoms with E-state index in [9.17, 15) is 5.11 Å². The summed E-state index contributed by atoms with van der Waals surface area (Å²) in [6.45, 7) is 4.40. The third kappa shape index (κ3) is 2.41. The molecule has 16 heavy (non-hydrogen) atoms. The first-order valence-electron chi connectivity index (χ1n) is 5.89. The summed E-state index contributed by atoms with van der Waals surface area (Å²) < 4.78 is 1.81. The van der Waals surface area contributed by atoms with Crippen molar-refractivity contribution in [2.45, 2.75) is 32.4 Å². The molecule has 0 amide bonds. The molecule has 2 atom stereocenters. The molecule has 0 spiro atoms. The van der Waals surface area contributed by atoms with E-state index in [2.05, 4.69) is 22.1 Å². The Morgan fingerprint density at radius 2 is 2.31 bits per heavy atom. The maximum Gasteiger partial charge on any atom is 0.0738 e. The average Bonchev–Trinajstić information content (AvgIpc) is 2.68. The lowest BCUT2D eigenvalue weighted by atomic mass is 9.94. The van der Waals surface area contributed by atoms with Crippen LogP contribution in [0.5, 0.6) is 0 Å². The zero-order valence-corrected chi connectivity index (χ0v) is 10.0. The van der Waals surface area contributed by atoms with Gasteiger partial charge < -0.3 is 5.11 Å². The lowest BCUT2D eigenvalue weighted by molar-refractivity contribution is 0.0753. The third-order valence-electron chi connectivity index (χ3n) is 3.54. The highest BCUT2D eigenvalue weighted by atomic mass is 16.3. The first-order valence-corrected chi connectivity index (χ1v) is 5.89. The van der Waals surface area contributed by atoms with Gasteiger partial charge in [0.15, 0.2) is 0 Å². The largest absolute Gasteiger partial charge is 0.396 e. The number of likely N-dealkylation sites (tertiary alicyclic amines) is 1. The Bertz CT molecular complexity index is 338. The molecular weight excluding hydrogens is 204 g/mol. The summed E-state index contributed by atoms with van der Waals surface area (Å²) >= 11 is 0. The highest BCUT2D eigenvalue weighted by molar-refractivity contribution is 4.95. The highest BCUT2D eigenvalue weighted by Gasteiger charge is 2.25. The second-order valence-electron chi connectivity index (χ2n) is 4.75. The van der Waals surface area contributed by atoms with Gasteiger partial charge in [-0.2, -0.15) is 0 Å². The molecule has 1 aliphatic rings. The molecule has 2 rings (SSSR count). The van der Waals surface area contributed by atoms with E-state index in [0.29, 0.717) is 18.6 Å². The Balaban J connectivity index is 1.99. The number of hydrogen-bond acceptors (Lipinski definition) is 4. The van der Waals surface area contributed by atoms with Crippen LogP contribution in [-0.2, 0) is 13.6 Å². The van der Waals surface area contributed by atoms with Crippen LogP contribution in [0.2, 0.25) is 0 Å². The standard InChI is InChI=1S/C11H20N4O/c1-9-3-4-10(8-16)6-15(9)7-11-5-12-13-14(11)2/h5,9-10,16H,3-4,6-8H2,1-2H3. The molecule has 5 heteroatoms. The van der Waals surface area contributed by atoms with Crippen molar-refractivity contribution in [2.75, 3.05) is 13.2 Å². The van der Waals surface area contributed by atoms with E-state index in [1.807, 2.05) is 17.9 Å². The fraction of sp³-hybridized carbons (Fsp3) is 0.818. The van der Waals surface area contributed by atoms with Gasteiger partial charge in [-0.3, -0.25) is 9.58 Å². The van der Waals surface area contributed by atoms with Crippen LogP contribution in [0.1, 0.15) is 25.5 Å². The number of aliphatic hydroxyl groups excluding tert-OH is 1. The van der Waals surface area contributed by atoms with Gasteiger partial charge in [-0.25, -0.2) is 0 Å². The molecule has 0 aliphatic carbocycles. The second kappa shape index (κ2) is 4.93. The smallest absolute Gasteiger partial charge is 0.0738 e. The summed E-state index contributed by atoms with van der Waals surface area (Å²) in [6.07, 6.45) is 4.11. The fourth-order valence-electron chi connectivity index (χ4n) is 2.29. The summed E-state index contributed by atoms with van der Waals surface area (Å²) in [4.78, 5) is 2.41. The number of hydrogen-bond donors (Lipinski definition) is 1. The summed E-state index contributed by atoms with van der Waals surface area (Å²) in [5, 5.41) is 17.0. The molecule has 0 bridgehead atoms. The van der Waals surface area contributed by atoms with Gasteiger partial charge in [0, 0.05) is 32.8 Å². The van der Waals surface area contributed by atoms with Gasteiger partial charge >= 0.3 is 0 Å². The van der Waals surface area contributed by atoms with Crippen LogP contribution in [0.3, 0.4) is 0 Å². The molecule has 1 saturated heterocycles. The SMILES string of the molecule is CC1CCC(CO)CN1Cc1cnnn1C. The number of nitrogens with zero attached hydrogens (tertiary/aromatic N) is 4. The van der Waals surface area contributed by atoms with Crippen molar-refractivity contribution < 1.29 is 5.11 Å². The van der Waals surface area contributed by atoms with Gasteiger partial charge in [0.2, 0.25) is 0 Å². The van der Waals surface area contributed by atoms with E-state index >= 15 is 0 Å². The van der Waals surface area contributed by atoms with Crippen molar-refractivity contribution in [2.24, 2.45) is 13.0 Å². The van der Waals surface area contributed by atoms with Crippen LogP contribution in [-0.4, -0.2) is 44.2 Å². The van der Waals surface area contributed by atoms with Crippen molar-refractivity contribution in [1.29, 1.82) is 0 Å². The van der Waals surface area contributed by atoms with E-state index in [4.69, 9.17) is 0 Å². The van der Waals surface area contributed by atoms with E-state index in [-0.39, 0.29) is 0 Å². The van der Waals surface area contributed by atoms with Crippen molar-refractivity contribution in [3.8, 4) is 0 Å². The number of aromatic nitrogens is 3. The topological polar surface area (TPSA) is 54.2 Å². The summed E-state index contributed by atoms with van der Waals surface area (Å²) in [5.74, 6) is 0.428. The maximum atomic E-state index is 9.22. The van der Waals surface area contributed by atoms with Gasteiger partial charge in [0.05, 0.1) is 11.9 Å². The Kier molecular flexibility index (Phi) is 3.56. The molecule has 5 nitrogen and oxygen atoms in total. The minimum Gasteiger partial charge on any atom is -0.396 e. The van der Waals surface area contributed by atoms with E-state index in [1.165, 1.54) is 0 Å². The van der Waals surface area contributed by atoms with Gasteiger partial charge in [-0.1, -0.05) is 5.21 Å². The molecular formula is C11H20N4O. The monoisotopic (exact) mass is 224 g/mol. The molecule has 2 heterocycles. The van der Waals surface area contributed by atoms with Gasteiger partial charge in [0.25, 0.3) is 0 Å². The van der Waals surface area contributed by atoms with E-state index < -0.39 is 0 Å². The minimum atomic E-state index is 0.298. The molecule has 0 radical (unpaired) electrons. The van der Waals surface area contributed by atoms with Gasteiger partial charge in [0.1, 0.15) is 0 Å². The lowest BCUT2D eigenvalue weighted by Gasteiger charge is -2.37. The normalized spacial score (nSPS) is 27.2. The predicted octanol–water partition coefficient (Wildman–Crippen LogP) is 0.408. The van der Waals surface area contributed by atoms with Crippen molar-refractivity contribution in [3.63, 3.8) is 0 Å². The zero-order chi connectivity index (χ0) is 11.5. The van der Waals surface area contributed by atoms with Crippen LogP contribution in [0, 0.1) is 5.92 Å².